The van der Waals surface area contributed by atoms with Gasteiger partial charge in [-0.3, -0.25) is 27.2 Å². The van der Waals surface area contributed by atoms with E-state index < -0.39 is 84.0 Å². The van der Waals surface area contributed by atoms with Crippen LogP contribution in [0, 0.1) is 0 Å². The summed E-state index contributed by atoms with van der Waals surface area (Å²) in [5.41, 5.74) is 12.6. The fourth-order valence-corrected chi connectivity index (χ4v) is 7.27. The molecule has 7 heterocycles. The number of aliphatic hydroxyl groups excluding tert-OH is 2. The first-order valence-electron chi connectivity index (χ1n) is 13.0. The molecule has 3 aromatic rings. The van der Waals surface area contributed by atoms with Crippen LogP contribution in [-0.2, 0) is 36.7 Å². The van der Waals surface area contributed by atoms with Crippen LogP contribution >= 0.6 is 15.6 Å². The van der Waals surface area contributed by atoms with Gasteiger partial charge in [-0.15, -0.1) is 5.11 Å². The number of hydrogen-bond donors (Lipinski definition) is 6. The van der Waals surface area contributed by atoms with E-state index in [9.17, 15) is 29.1 Å². The lowest BCUT2D eigenvalue weighted by atomic mass is 10.1. The van der Waals surface area contributed by atoms with Crippen molar-refractivity contribution in [1.29, 1.82) is 0 Å². The standard InChI is InChI=1S/C20H26N10O12P2/c21-7-1-27-28-18-10(7)25-5-30(18)19-13(32)14-9(40-19)3-38-44(35,36)42-15-12(31)8(2-37-43(33,34)41-14)39-20(15)29-6-26-11-16(22)23-4-24-17(11)29/h4-9,12-15,19-20,31-32H,1-3,21H2,(H,33,34)(H,35,36)(H2,22,23,24)/t7?,8-,9-,12-,13-,14-,15-,19-,20-/m1/s1. The molecule has 0 aliphatic carbocycles. The van der Waals surface area contributed by atoms with Crippen molar-refractivity contribution in [3.63, 3.8) is 0 Å². The summed E-state index contributed by atoms with van der Waals surface area (Å²) in [6.07, 6.45) is -8.46. The number of fused-ring (bicyclic) bond motifs is 5. The number of nitrogens with zero attached hydrogens (tertiary/aromatic N) is 8. The maximum atomic E-state index is 13.2. The van der Waals surface area contributed by atoms with Gasteiger partial charge in [-0.05, 0) is 0 Å². The SMILES string of the molecule is Nc1ncnc2c1ncn2[C@@H]1O[C@@H]2COP(=O)(O)O[C@H]3[C@@H](O)[C@H](n4cnc5c4N=NCC5N)O[C@@H]3COP(=O)(O)O[C@@H]1[C@@H]2O. The van der Waals surface area contributed by atoms with Crippen LogP contribution in [0.15, 0.2) is 29.2 Å². The topological polar surface area (TPSA) is 309 Å². The molecule has 0 amide bonds. The number of anilines is 1. The minimum Gasteiger partial charge on any atom is -0.387 e. The second-order valence-electron chi connectivity index (χ2n) is 10.3. The third-order valence-electron chi connectivity index (χ3n) is 7.46. The third-order valence-corrected chi connectivity index (χ3v) is 9.43. The number of phosphoric acid groups is 2. The Morgan fingerprint density at radius 1 is 0.864 bits per heavy atom. The highest BCUT2D eigenvalue weighted by Gasteiger charge is 2.54. The van der Waals surface area contributed by atoms with E-state index in [1.165, 1.54) is 21.8 Å². The van der Waals surface area contributed by atoms with Crippen molar-refractivity contribution in [3.05, 3.63) is 24.7 Å². The van der Waals surface area contributed by atoms with Crippen LogP contribution in [0.4, 0.5) is 11.6 Å². The summed E-state index contributed by atoms with van der Waals surface area (Å²) in [6.45, 7) is -1.35. The molecule has 3 aromatic heterocycles. The molecule has 24 heteroatoms. The van der Waals surface area contributed by atoms with Crippen molar-refractivity contribution < 1.29 is 56.7 Å². The van der Waals surface area contributed by atoms with Gasteiger partial charge in [-0.25, -0.2) is 29.1 Å². The molecule has 8 N–H and O–H groups in total. The number of phosphoric ester groups is 2. The highest BCUT2D eigenvalue weighted by molar-refractivity contribution is 7.47. The van der Waals surface area contributed by atoms with Gasteiger partial charge in [-0.2, -0.15) is 5.11 Å². The maximum absolute atomic E-state index is 13.2. The summed E-state index contributed by atoms with van der Waals surface area (Å²) in [5, 5.41) is 30.1. The second kappa shape index (κ2) is 10.9. The molecular weight excluding hydrogens is 634 g/mol. The van der Waals surface area contributed by atoms with Crippen LogP contribution < -0.4 is 11.5 Å². The van der Waals surface area contributed by atoms with Crippen LogP contribution in [0.25, 0.3) is 11.2 Å². The van der Waals surface area contributed by atoms with E-state index in [0.29, 0.717) is 5.69 Å². The van der Waals surface area contributed by atoms with Crippen LogP contribution in [0.2, 0.25) is 0 Å². The summed E-state index contributed by atoms with van der Waals surface area (Å²) in [7, 11) is -10.1. The number of hydrogen-bond acceptors (Lipinski definition) is 18. The number of azo groups is 1. The first kappa shape index (κ1) is 29.9. The lowest BCUT2D eigenvalue weighted by Crippen LogP contribution is -2.36. The Labute approximate surface area is 245 Å². The Morgan fingerprint density at radius 2 is 1.55 bits per heavy atom. The van der Waals surface area contributed by atoms with E-state index in [1.807, 2.05) is 0 Å². The fraction of sp³-hybridized carbons (Fsp3) is 0.600. The van der Waals surface area contributed by atoms with E-state index in [-0.39, 0.29) is 29.3 Å². The summed E-state index contributed by atoms with van der Waals surface area (Å²) < 4.78 is 61.5. The number of aromatic nitrogens is 6. The fourth-order valence-electron chi connectivity index (χ4n) is 5.37. The highest BCUT2D eigenvalue weighted by atomic mass is 31.2. The first-order valence-corrected chi connectivity index (χ1v) is 16.0. The van der Waals surface area contributed by atoms with Gasteiger partial charge in [0.2, 0.25) is 0 Å². The lowest BCUT2D eigenvalue weighted by molar-refractivity contribution is -0.0674. The summed E-state index contributed by atoms with van der Waals surface area (Å²) >= 11 is 0. The monoisotopic (exact) mass is 660 g/mol. The molecule has 22 nitrogen and oxygen atoms in total. The molecule has 3 fully saturated rings. The van der Waals surface area contributed by atoms with E-state index >= 15 is 0 Å². The molecule has 11 atom stereocenters. The molecule has 0 saturated carbocycles. The zero-order valence-corrected chi connectivity index (χ0v) is 24.0. The van der Waals surface area contributed by atoms with Gasteiger partial charge < -0.3 is 40.9 Å². The molecule has 44 heavy (non-hydrogen) atoms. The van der Waals surface area contributed by atoms with E-state index in [4.69, 9.17) is 39.0 Å². The smallest absolute Gasteiger partial charge is 0.387 e. The molecule has 238 valence electrons. The van der Waals surface area contributed by atoms with Crippen molar-refractivity contribution in [3.8, 4) is 0 Å². The predicted octanol–water partition coefficient (Wildman–Crippen LogP) is -1.06. The molecule has 4 aliphatic heterocycles. The normalized spacial score (nSPS) is 41.1. The molecule has 0 radical (unpaired) electrons. The van der Waals surface area contributed by atoms with Crippen LogP contribution in [0.3, 0.4) is 0 Å². The summed E-state index contributed by atoms with van der Waals surface area (Å²) in [4.78, 5) is 37.6. The number of rotatable bonds is 2. The van der Waals surface area contributed by atoms with Gasteiger partial charge in [0.25, 0.3) is 0 Å². The zero-order valence-electron chi connectivity index (χ0n) is 22.2. The molecule has 7 rings (SSSR count). The van der Waals surface area contributed by atoms with Crippen LogP contribution in [0.5, 0.6) is 0 Å². The molecule has 2 bridgehead atoms. The maximum Gasteiger partial charge on any atom is 0.472 e. The third kappa shape index (κ3) is 5.16. The van der Waals surface area contributed by atoms with Gasteiger partial charge in [0.05, 0.1) is 38.5 Å². The Hall–Kier alpha value is -2.82. The van der Waals surface area contributed by atoms with E-state index in [1.54, 1.807) is 0 Å². The zero-order chi connectivity index (χ0) is 31.0. The number of imidazole rings is 2. The Morgan fingerprint density at radius 3 is 2.32 bits per heavy atom. The van der Waals surface area contributed by atoms with Crippen molar-refractivity contribution in [2.24, 2.45) is 16.0 Å². The second-order valence-corrected chi connectivity index (χ2v) is 13.1. The van der Waals surface area contributed by atoms with Crippen LogP contribution in [-0.4, -0.2) is 105 Å². The number of nitrogens with two attached hydrogens (primary N) is 2. The van der Waals surface area contributed by atoms with Gasteiger partial charge in [-0.1, -0.05) is 0 Å². The number of aliphatic hydroxyl groups is 2. The van der Waals surface area contributed by atoms with Crippen molar-refractivity contribution in [2.75, 3.05) is 25.5 Å². The number of ether oxygens (including phenoxy) is 2. The first-order chi connectivity index (χ1) is 20.9. The van der Waals surface area contributed by atoms with Gasteiger partial charge in [0.1, 0.15) is 54.2 Å². The molecule has 3 unspecified atom stereocenters. The molecule has 3 saturated heterocycles. The Kier molecular flexibility index (Phi) is 7.41. The predicted molar refractivity (Wildman–Crippen MR) is 139 cm³/mol. The minimum absolute atomic E-state index is 0.0371. The molecule has 4 aliphatic rings. The Bertz CT molecular complexity index is 1700. The van der Waals surface area contributed by atoms with Crippen molar-refractivity contribution in [2.45, 2.75) is 55.1 Å². The van der Waals surface area contributed by atoms with Crippen LogP contribution in [0.1, 0.15) is 24.2 Å². The number of nitrogen functional groups attached to an aromatic ring is 1. The highest BCUT2D eigenvalue weighted by Crippen LogP contribution is 2.54. The average molecular weight is 660 g/mol. The van der Waals surface area contributed by atoms with Crippen molar-refractivity contribution in [1.82, 2.24) is 29.1 Å². The molecular formula is C20H26N10O12P2. The molecule has 0 spiro atoms. The van der Waals surface area contributed by atoms with E-state index in [0.717, 1.165) is 6.33 Å². The van der Waals surface area contributed by atoms with E-state index in [2.05, 4.69) is 30.2 Å². The summed E-state index contributed by atoms with van der Waals surface area (Å²) in [6, 6.07) is -0.565. The van der Waals surface area contributed by atoms with Gasteiger partial charge in [0, 0.05) is 0 Å². The molecule has 0 aromatic carbocycles. The van der Waals surface area contributed by atoms with Gasteiger partial charge in [0.15, 0.2) is 29.7 Å². The largest absolute Gasteiger partial charge is 0.472 e. The van der Waals surface area contributed by atoms with Gasteiger partial charge >= 0.3 is 15.6 Å². The Balaban J connectivity index is 1.19. The average Bonchev–Trinajstić information content (AvgIpc) is 3.73. The van der Waals surface area contributed by atoms with Crippen molar-refractivity contribution >= 4 is 38.4 Å². The lowest BCUT2D eigenvalue weighted by Gasteiger charge is -2.25. The summed E-state index contributed by atoms with van der Waals surface area (Å²) in [5.74, 6) is 0.213. The minimum atomic E-state index is -5.04. The quantitative estimate of drug-likeness (QED) is 0.178.